The fourth-order valence-corrected chi connectivity index (χ4v) is 1.76. The van der Waals surface area contributed by atoms with Crippen molar-refractivity contribution in [1.82, 2.24) is 10.3 Å². The van der Waals surface area contributed by atoms with E-state index in [9.17, 15) is 9.18 Å². The number of nitrogens with zero attached hydrogens (tertiary/aromatic N) is 1. The fraction of sp³-hybridized carbons (Fsp3) is 0.286. The van der Waals surface area contributed by atoms with Crippen LogP contribution in [0.1, 0.15) is 10.4 Å². The number of carbonyl (C=O) groups excluding carboxylic acids is 1. The third-order valence-electron chi connectivity index (χ3n) is 2.86. The van der Waals surface area contributed by atoms with E-state index in [1.807, 2.05) is 0 Å². The molecule has 0 spiro atoms. The highest BCUT2D eigenvalue weighted by atomic mass is 19.1. The lowest BCUT2D eigenvalue weighted by molar-refractivity contribution is -0.0974. The SMILES string of the molecule is COC(CNC(=O)c1cnc2cc(F)ccc2c1)OC. The molecule has 0 aliphatic carbocycles. The Hall–Kier alpha value is -2.05. The highest BCUT2D eigenvalue weighted by Crippen LogP contribution is 2.14. The first-order chi connectivity index (χ1) is 9.63. The monoisotopic (exact) mass is 278 g/mol. The van der Waals surface area contributed by atoms with Crippen LogP contribution in [0.15, 0.2) is 30.5 Å². The minimum absolute atomic E-state index is 0.229. The number of aromatic nitrogens is 1. The molecule has 0 atom stereocenters. The lowest BCUT2D eigenvalue weighted by atomic mass is 10.1. The molecule has 0 saturated carbocycles. The summed E-state index contributed by atoms with van der Waals surface area (Å²) in [5.41, 5.74) is 0.906. The van der Waals surface area contributed by atoms with Gasteiger partial charge in [0.25, 0.3) is 5.91 Å². The number of methoxy groups -OCH3 is 2. The van der Waals surface area contributed by atoms with Gasteiger partial charge in [-0.25, -0.2) is 4.39 Å². The average Bonchev–Trinajstić information content (AvgIpc) is 2.47. The molecule has 20 heavy (non-hydrogen) atoms. The molecular weight excluding hydrogens is 263 g/mol. The van der Waals surface area contributed by atoms with Crippen molar-refractivity contribution in [2.75, 3.05) is 20.8 Å². The van der Waals surface area contributed by atoms with Gasteiger partial charge in [-0.15, -0.1) is 0 Å². The molecule has 1 aromatic heterocycles. The average molecular weight is 278 g/mol. The lowest BCUT2D eigenvalue weighted by Crippen LogP contribution is -2.34. The zero-order valence-corrected chi connectivity index (χ0v) is 11.2. The second-order valence-corrected chi connectivity index (χ2v) is 4.17. The second-order valence-electron chi connectivity index (χ2n) is 4.17. The first-order valence-electron chi connectivity index (χ1n) is 6.03. The van der Waals surface area contributed by atoms with E-state index in [-0.39, 0.29) is 18.3 Å². The van der Waals surface area contributed by atoms with E-state index in [0.717, 1.165) is 0 Å². The molecular formula is C14H15FN2O3. The van der Waals surface area contributed by atoms with Gasteiger partial charge in [0.05, 0.1) is 17.6 Å². The standard InChI is InChI=1S/C14H15FN2O3/c1-19-13(20-2)8-17-14(18)10-5-9-3-4-11(15)6-12(9)16-7-10/h3-7,13H,8H2,1-2H3,(H,17,18). The number of rotatable bonds is 5. The molecule has 1 amide bonds. The number of hydrogen-bond donors (Lipinski definition) is 1. The van der Waals surface area contributed by atoms with E-state index in [4.69, 9.17) is 9.47 Å². The zero-order valence-electron chi connectivity index (χ0n) is 11.2. The van der Waals surface area contributed by atoms with E-state index in [0.29, 0.717) is 16.5 Å². The van der Waals surface area contributed by atoms with Gasteiger partial charge in [-0.3, -0.25) is 9.78 Å². The molecule has 2 rings (SSSR count). The van der Waals surface area contributed by atoms with Crippen LogP contribution in [-0.2, 0) is 9.47 Å². The summed E-state index contributed by atoms with van der Waals surface area (Å²) < 4.78 is 23.0. The molecule has 106 valence electrons. The Kier molecular flexibility index (Phi) is 4.60. The Morgan fingerprint density at radius 3 is 2.80 bits per heavy atom. The Bertz CT molecular complexity index is 614. The molecule has 1 heterocycles. The van der Waals surface area contributed by atoms with Crippen molar-refractivity contribution < 1.29 is 18.7 Å². The molecule has 0 radical (unpaired) electrons. The number of hydrogen-bond acceptors (Lipinski definition) is 4. The third-order valence-corrected chi connectivity index (χ3v) is 2.86. The number of pyridine rings is 1. The van der Waals surface area contributed by atoms with Crippen molar-refractivity contribution >= 4 is 16.8 Å². The van der Waals surface area contributed by atoms with Crippen molar-refractivity contribution in [2.24, 2.45) is 0 Å². The number of halogens is 1. The Balaban J connectivity index is 2.12. The highest BCUT2D eigenvalue weighted by molar-refractivity contribution is 5.97. The first-order valence-corrected chi connectivity index (χ1v) is 6.03. The van der Waals surface area contributed by atoms with Crippen molar-refractivity contribution in [3.8, 4) is 0 Å². The van der Waals surface area contributed by atoms with Gasteiger partial charge in [-0.2, -0.15) is 0 Å². The van der Waals surface area contributed by atoms with Crippen molar-refractivity contribution in [3.05, 3.63) is 41.8 Å². The van der Waals surface area contributed by atoms with Crippen LogP contribution in [-0.4, -0.2) is 37.9 Å². The van der Waals surface area contributed by atoms with E-state index in [2.05, 4.69) is 10.3 Å². The van der Waals surface area contributed by atoms with Crippen LogP contribution in [0.4, 0.5) is 4.39 Å². The third kappa shape index (κ3) is 3.28. The van der Waals surface area contributed by atoms with Gasteiger partial charge in [0.2, 0.25) is 0 Å². The Labute approximate surface area is 115 Å². The van der Waals surface area contributed by atoms with E-state index in [1.54, 1.807) is 12.1 Å². The van der Waals surface area contributed by atoms with Gasteiger partial charge in [0.15, 0.2) is 6.29 Å². The Morgan fingerprint density at radius 2 is 2.10 bits per heavy atom. The predicted molar refractivity (Wildman–Crippen MR) is 71.8 cm³/mol. The van der Waals surface area contributed by atoms with Gasteiger partial charge in [-0.05, 0) is 18.2 Å². The lowest BCUT2D eigenvalue weighted by Gasteiger charge is -2.14. The van der Waals surface area contributed by atoms with Crippen LogP contribution >= 0.6 is 0 Å². The van der Waals surface area contributed by atoms with E-state index in [1.165, 1.54) is 32.5 Å². The van der Waals surface area contributed by atoms with Crippen LogP contribution in [0.2, 0.25) is 0 Å². The van der Waals surface area contributed by atoms with E-state index < -0.39 is 6.29 Å². The predicted octanol–water partition coefficient (Wildman–Crippen LogP) is 1.72. The number of amides is 1. The zero-order chi connectivity index (χ0) is 14.5. The largest absolute Gasteiger partial charge is 0.354 e. The molecule has 0 aliphatic rings. The number of ether oxygens (including phenoxy) is 2. The van der Waals surface area contributed by atoms with Gasteiger partial charge in [-0.1, -0.05) is 0 Å². The van der Waals surface area contributed by atoms with E-state index >= 15 is 0 Å². The van der Waals surface area contributed by atoms with Crippen LogP contribution in [0, 0.1) is 5.82 Å². The molecule has 0 aliphatic heterocycles. The summed E-state index contributed by atoms with van der Waals surface area (Å²) in [6.07, 6.45) is 0.910. The minimum atomic E-state index is -0.499. The molecule has 0 unspecified atom stereocenters. The summed E-state index contributed by atoms with van der Waals surface area (Å²) in [4.78, 5) is 16.0. The van der Waals surface area contributed by atoms with Crippen LogP contribution in [0.25, 0.3) is 10.9 Å². The maximum absolute atomic E-state index is 13.0. The molecule has 5 nitrogen and oxygen atoms in total. The molecule has 0 bridgehead atoms. The molecule has 1 N–H and O–H groups in total. The second kappa shape index (κ2) is 6.40. The minimum Gasteiger partial charge on any atom is -0.354 e. The van der Waals surface area contributed by atoms with Crippen LogP contribution in [0.3, 0.4) is 0 Å². The maximum Gasteiger partial charge on any atom is 0.253 e. The van der Waals surface area contributed by atoms with Crippen molar-refractivity contribution in [3.63, 3.8) is 0 Å². The number of nitrogens with one attached hydrogen (secondary N) is 1. The quantitative estimate of drug-likeness (QED) is 0.846. The van der Waals surface area contributed by atoms with Gasteiger partial charge < -0.3 is 14.8 Å². The summed E-state index contributed by atoms with van der Waals surface area (Å²) in [7, 11) is 2.99. The fourth-order valence-electron chi connectivity index (χ4n) is 1.76. The molecule has 0 saturated heterocycles. The van der Waals surface area contributed by atoms with Gasteiger partial charge in [0.1, 0.15) is 5.82 Å². The number of benzene rings is 1. The summed E-state index contributed by atoms with van der Waals surface area (Å²) in [5, 5.41) is 3.38. The first kappa shape index (κ1) is 14.4. The van der Waals surface area contributed by atoms with Crippen molar-refractivity contribution in [1.29, 1.82) is 0 Å². The summed E-state index contributed by atoms with van der Waals surface area (Å²) >= 11 is 0. The maximum atomic E-state index is 13.0. The smallest absolute Gasteiger partial charge is 0.253 e. The highest BCUT2D eigenvalue weighted by Gasteiger charge is 2.11. The van der Waals surface area contributed by atoms with Crippen LogP contribution in [0.5, 0.6) is 0 Å². The van der Waals surface area contributed by atoms with Gasteiger partial charge >= 0.3 is 0 Å². The number of fused-ring (bicyclic) bond motifs is 1. The molecule has 1 aromatic carbocycles. The van der Waals surface area contributed by atoms with Crippen molar-refractivity contribution in [2.45, 2.75) is 6.29 Å². The van der Waals surface area contributed by atoms with Gasteiger partial charge in [0, 0.05) is 31.9 Å². The molecule has 0 fully saturated rings. The molecule has 6 heteroatoms. The summed E-state index contributed by atoms with van der Waals surface area (Å²) in [6.45, 7) is 0.229. The topological polar surface area (TPSA) is 60.5 Å². The summed E-state index contributed by atoms with van der Waals surface area (Å²) in [5.74, 6) is -0.645. The summed E-state index contributed by atoms with van der Waals surface area (Å²) in [6, 6.07) is 5.90. The normalized spacial score (nSPS) is 11.0. The number of carbonyl (C=O) groups is 1. The Morgan fingerprint density at radius 1 is 1.35 bits per heavy atom. The van der Waals surface area contributed by atoms with Crippen LogP contribution < -0.4 is 5.32 Å². The molecule has 2 aromatic rings.